The second-order valence-electron chi connectivity index (χ2n) is 9.59. The number of amides is 3. The van der Waals surface area contributed by atoms with Gasteiger partial charge in [-0.2, -0.15) is 4.98 Å². The number of carbonyl (C=O) groups is 2. The van der Waals surface area contributed by atoms with Crippen molar-refractivity contribution in [2.75, 3.05) is 74.1 Å². The van der Waals surface area contributed by atoms with E-state index in [1.807, 2.05) is 13.0 Å². The molecule has 0 aliphatic carbocycles. The Morgan fingerprint density at radius 3 is 2.56 bits per heavy atom. The Kier molecular flexibility index (Phi) is 9.85. The zero-order valence-corrected chi connectivity index (χ0v) is 23.3. The second kappa shape index (κ2) is 13.5. The molecule has 1 fully saturated rings. The fraction of sp³-hybridized carbons (Fsp3) is 0.500. The first-order valence-electron chi connectivity index (χ1n) is 13.8. The molecule has 0 radical (unpaired) electrons. The summed E-state index contributed by atoms with van der Waals surface area (Å²) < 4.78 is 0. The molecule has 0 bridgehead atoms. The van der Waals surface area contributed by atoms with E-state index in [9.17, 15) is 9.59 Å². The summed E-state index contributed by atoms with van der Waals surface area (Å²) in [6, 6.07) is 5.01. The van der Waals surface area contributed by atoms with E-state index in [-0.39, 0.29) is 11.9 Å². The Morgan fingerprint density at radius 2 is 1.87 bits per heavy atom. The number of urea groups is 1. The molecule has 39 heavy (non-hydrogen) atoms. The van der Waals surface area contributed by atoms with Gasteiger partial charge in [0.05, 0.1) is 13.2 Å². The van der Waals surface area contributed by atoms with Crippen LogP contribution in [-0.2, 0) is 11.4 Å². The fourth-order valence-corrected chi connectivity index (χ4v) is 4.86. The highest BCUT2D eigenvalue weighted by atomic mass is 16.6. The van der Waals surface area contributed by atoms with Crippen molar-refractivity contribution >= 4 is 35.5 Å². The number of nitrogens with one attached hydrogen (secondary N) is 2. The molecule has 3 heterocycles. The van der Waals surface area contributed by atoms with E-state index in [1.54, 1.807) is 41.1 Å². The maximum atomic E-state index is 13.6. The summed E-state index contributed by atoms with van der Waals surface area (Å²) in [4.78, 5) is 48.7. The summed E-state index contributed by atoms with van der Waals surface area (Å²) in [6.45, 7) is 18.2. The zero-order chi connectivity index (χ0) is 27.8. The van der Waals surface area contributed by atoms with Crippen molar-refractivity contribution in [3.63, 3.8) is 0 Å². The molecule has 1 saturated heterocycles. The van der Waals surface area contributed by atoms with Gasteiger partial charge in [-0.3, -0.25) is 19.4 Å². The van der Waals surface area contributed by atoms with Gasteiger partial charge in [-0.15, -0.1) is 0 Å². The van der Waals surface area contributed by atoms with Crippen LogP contribution in [0.4, 0.5) is 22.2 Å². The number of carbonyl (C=O) groups excluding carboxylic acids is 2. The van der Waals surface area contributed by atoms with E-state index in [0.717, 1.165) is 63.4 Å². The molecule has 0 atom stereocenters. The van der Waals surface area contributed by atoms with Gasteiger partial charge in [0.2, 0.25) is 5.95 Å². The van der Waals surface area contributed by atoms with E-state index < -0.39 is 0 Å². The molecule has 2 aromatic rings. The summed E-state index contributed by atoms with van der Waals surface area (Å²) >= 11 is 0. The third kappa shape index (κ3) is 6.92. The van der Waals surface area contributed by atoms with Crippen LogP contribution in [0.5, 0.6) is 0 Å². The number of aromatic nitrogens is 2. The molecule has 2 N–H and O–H groups in total. The van der Waals surface area contributed by atoms with Gasteiger partial charge in [0.25, 0.3) is 5.91 Å². The minimum Gasteiger partial charge on any atom is -0.354 e. The average molecular weight is 537 g/mol. The number of piperazine rings is 1. The van der Waals surface area contributed by atoms with Crippen molar-refractivity contribution in [1.82, 2.24) is 25.2 Å². The third-order valence-corrected chi connectivity index (χ3v) is 7.11. The van der Waals surface area contributed by atoms with Crippen LogP contribution >= 0.6 is 0 Å². The van der Waals surface area contributed by atoms with Gasteiger partial charge in [0.1, 0.15) is 5.82 Å². The lowest BCUT2D eigenvalue weighted by Crippen LogP contribution is -2.48. The first kappa shape index (κ1) is 28.5. The molecule has 1 aromatic carbocycles. The number of fused-ring (bicyclic) bond motifs is 1. The molecule has 2 aliphatic heterocycles. The molecule has 1 aromatic heterocycles. The Labute approximate surface area is 230 Å². The minimum atomic E-state index is -0.388. The fourth-order valence-electron chi connectivity index (χ4n) is 4.86. The Morgan fingerprint density at radius 1 is 1.10 bits per heavy atom. The van der Waals surface area contributed by atoms with E-state index in [4.69, 9.17) is 9.82 Å². The molecule has 0 saturated carbocycles. The summed E-state index contributed by atoms with van der Waals surface area (Å²) in [5.41, 5.74) is 4.93. The molecule has 2 aliphatic rings. The first-order chi connectivity index (χ1) is 19.0. The van der Waals surface area contributed by atoms with Gasteiger partial charge in [0, 0.05) is 62.3 Å². The van der Waals surface area contributed by atoms with Crippen molar-refractivity contribution in [1.29, 1.82) is 0 Å². The number of likely N-dealkylation sites (N-methyl/N-ethyl adjacent to an activating group) is 1. The van der Waals surface area contributed by atoms with Crippen LogP contribution in [0.3, 0.4) is 0 Å². The Hall–Kier alpha value is -3.54. The largest absolute Gasteiger partial charge is 0.354 e. The summed E-state index contributed by atoms with van der Waals surface area (Å²) in [5.74, 6) is 0.746. The molecule has 0 unspecified atom stereocenters. The van der Waals surface area contributed by atoms with Crippen LogP contribution in [0.25, 0.3) is 6.08 Å². The van der Waals surface area contributed by atoms with Crippen molar-refractivity contribution in [2.45, 2.75) is 33.7 Å². The van der Waals surface area contributed by atoms with Crippen LogP contribution in [0, 0.1) is 0 Å². The van der Waals surface area contributed by atoms with Crippen LogP contribution < -0.4 is 20.6 Å². The number of hydrogen-bond donors (Lipinski definition) is 2. The normalized spacial score (nSPS) is 16.2. The van der Waals surface area contributed by atoms with Crippen molar-refractivity contribution < 1.29 is 14.4 Å². The molecular weight excluding hydrogens is 496 g/mol. The summed E-state index contributed by atoms with van der Waals surface area (Å²) in [5, 5.41) is 3.33. The highest BCUT2D eigenvalue weighted by Crippen LogP contribution is 2.32. The van der Waals surface area contributed by atoms with Crippen LogP contribution in [0.2, 0.25) is 0 Å². The third-order valence-electron chi connectivity index (χ3n) is 7.11. The monoisotopic (exact) mass is 536 g/mol. The molecule has 11 nitrogen and oxygen atoms in total. The molecule has 3 amide bonds. The van der Waals surface area contributed by atoms with E-state index >= 15 is 0 Å². The van der Waals surface area contributed by atoms with Crippen LogP contribution in [0.15, 0.2) is 31.0 Å². The number of hydrogen-bond acceptors (Lipinski definition) is 8. The summed E-state index contributed by atoms with van der Waals surface area (Å²) in [6.07, 6.45) is 4.42. The Bertz CT molecular complexity index is 1170. The average Bonchev–Trinajstić information content (AvgIpc) is 2.97. The van der Waals surface area contributed by atoms with Gasteiger partial charge in [-0.1, -0.05) is 19.6 Å². The SMILES string of the molecule is C=Cc1cc(C(=O)NOCC)cc(N2Cc3cnc(NCCCN4CCN(CC)CC4)nc3N(CC)C2=O)c1. The number of hydroxylamine groups is 1. The standard InChI is InChI=1S/C28H40N8O3/c1-5-21-16-22(26(37)32-39-8-4)18-24(17-21)36-20-23-19-30-27(31-25(23)35(7-3)28(36)38)29-10-9-11-34-14-12-33(6-2)13-15-34/h5,16-19H,1,6-15,20H2,2-4H3,(H,32,37)(H,29,30,31). The number of rotatable bonds is 12. The van der Waals surface area contributed by atoms with Gasteiger partial charge >= 0.3 is 6.03 Å². The molecule has 0 spiro atoms. The number of benzene rings is 1. The van der Waals surface area contributed by atoms with E-state index in [0.29, 0.717) is 42.7 Å². The van der Waals surface area contributed by atoms with E-state index in [2.05, 4.69) is 39.1 Å². The highest BCUT2D eigenvalue weighted by molar-refractivity contribution is 6.06. The maximum Gasteiger partial charge on any atom is 0.330 e. The topological polar surface area (TPSA) is 106 Å². The minimum absolute atomic E-state index is 0.210. The van der Waals surface area contributed by atoms with Crippen LogP contribution in [0.1, 0.15) is 48.7 Å². The zero-order valence-electron chi connectivity index (χ0n) is 23.3. The number of anilines is 3. The Balaban J connectivity index is 1.44. The molecular formula is C28H40N8O3. The predicted octanol–water partition coefficient (Wildman–Crippen LogP) is 3.21. The highest BCUT2D eigenvalue weighted by Gasteiger charge is 2.32. The molecule has 210 valence electrons. The summed E-state index contributed by atoms with van der Waals surface area (Å²) in [7, 11) is 0. The lowest BCUT2D eigenvalue weighted by molar-refractivity contribution is 0.0364. The lowest BCUT2D eigenvalue weighted by Gasteiger charge is -2.36. The quantitative estimate of drug-likeness (QED) is 0.315. The maximum absolute atomic E-state index is 13.6. The van der Waals surface area contributed by atoms with Gasteiger partial charge in [-0.25, -0.2) is 15.3 Å². The van der Waals surface area contributed by atoms with Crippen LogP contribution in [-0.4, -0.2) is 90.7 Å². The van der Waals surface area contributed by atoms with Gasteiger partial charge in [-0.05, 0) is 57.1 Å². The predicted molar refractivity (Wildman–Crippen MR) is 154 cm³/mol. The van der Waals surface area contributed by atoms with E-state index in [1.165, 1.54) is 0 Å². The van der Waals surface area contributed by atoms with Crippen molar-refractivity contribution in [3.8, 4) is 0 Å². The second-order valence-corrected chi connectivity index (χ2v) is 9.59. The number of nitrogens with zero attached hydrogens (tertiary/aromatic N) is 6. The van der Waals surface area contributed by atoms with Crippen molar-refractivity contribution in [2.24, 2.45) is 0 Å². The van der Waals surface area contributed by atoms with Gasteiger partial charge in [0.15, 0.2) is 0 Å². The molecule has 4 rings (SSSR count). The van der Waals surface area contributed by atoms with Crippen molar-refractivity contribution in [3.05, 3.63) is 47.7 Å². The lowest BCUT2D eigenvalue weighted by atomic mass is 10.1. The first-order valence-corrected chi connectivity index (χ1v) is 13.8. The molecule has 11 heteroatoms. The van der Waals surface area contributed by atoms with Gasteiger partial charge < -0.3 is 15.1 Å². The smallest absolute Gasteiger partial charge is 0.330 e.